The Morgan fingerprint density at radius 1 is 1.45 bits per heavy atom. The van der Waals surface area contributed by atoms with E-state index in [9.17, 15) is 17.6 Å². The molecule has 0 unspecified atom stereocenters. The fraction of sp³-hybridized carbons (Fsp3) is 0.462. The number of amides is 2. The number of carbonyl (C=O) groups excluding carboxylic acids is 1. The van der Waals surface area contributed by atoms with Crippen LogP contribution in [0.15, 0.2) is 18.2 Å². The van der Waals surface area contributed by atoms with E-state index in [-0.39, 0.29) is 23.3 Å². The smallest absolute Gasteiger partial charge is 0.319 e. The van der Waals surface area contributed by atoms with Gasteiger partial charge in [0.15, 0.2) is 5.82 Å². The highest BCUT2D eigenvalue weighted by atomic mass is 35.5. The second-order valence-electron chi connectivity index (χ2n) is 5.16. The number of sulfonamides is 1. The zero-order valence-electron chi connectivity index (χ0n) is 12.0. The Hall–Kier alpha value is -1.38. The van der Waals surface area contributed by atoms with Crippen LogP contribution in [-0.4, -0.2) is 44.1 Å². The summed E-state index contributed by atoms with van der Waals surface area (Å²) in [6.07, 6.45) is 2.46. The van der Waals surface area contributed by atoms with Gasteiger partial charge >= 0.3 is 6.03 Å². The van der Waals surface area contributed by atoms with Gasteiger partial charge in [0.05, 0.1) is 17.0 Å². The van der Waals surface area contributed by atoms with E-state index in [2.05, 4.69) is 10.6 Å². The van der Waals surface area contributed by atoms with Gasteiger partial charge in [0.1, 0.15) is 0 Å². The summed E-state index contributed by atoms with van der Waals surface area (Å²) in [6, 6.07) is 3.38. The number of piperidine rings is 1. The quantitative estimate of drug-likeness (QED) is 0.876. The number of benzene rings is 1. The molecule has 1 aliphatic rings. The molecule has 2 rings (SSSR count). The largest absolute Gasteiger partial charge is 0.334 e. The third kappa shape index (κ3) is 4.31. The van der Waals surface area contributed by atoms with Gasteiger partial charge in [-0.05, 0) is 25.0 Å². The first-order valence-corrected chi connectivity index (χ1v) is 8.96. The fourth-order valence-electron chi connectivity index (χ4n) is 2.31. The van der Waals surface area contributed by atoms with Crippen LogP contribution in [0.2, 0.25) is 5.02 Å². The fourth-order valence-corrected chi connectivity index (χ4v) is 3.39. The summed E-state index contributed by atoms with van der Waals surface area (Å²) in [6.45, 7) is 0.659. The van der Waals surface area contributed by atoms with Crippen molar-refractivity contribution in [3.63, 3.8) is 0 Å². The molecular formula is C13H17ClFN3O3S. The molecule has 0 radical (unpaired) electrons. The van der Waals surface area contributed by atoms with Crippen LogP contribution in [-0.2, 0) is 10.0 Å². The van der Waals surface area contributed by atoms with Crippen molar-refractivity contribution in [2.45, 2.75) is 18.9 Å². The molecule has 22 heavy (non-hydrogen) atoms. The molecule has 1 heterocycles. The number of carbonyl (C=O) groups is 1. The van der Waals surface area contributed by atoms with Gasteiger partial charge in [-0.25, -0.2) is 21.9 Å². The van der Waals surface area contributed by atoms with Crippen LogP contribution in [0.5, 0.6) is 0 Å². The molecule has 1 aromatic carbocycles. The van der Waals surface area contributed by atoms with Crippen LogP contribution < -0.4 is 10.6 Å². The topological polar surface area (TPSA) is 78.5 Å². The molecule has 0 aliphatic carbocycles. The maximum absolute atomic E-state index is 13.7. The first-order chi connectivity index (χ1) is 10.3. The Balaban J connectivity index is 1.96. The highest BCUT2D eigenvalue weighted by Crippen LogP contribution is 2.22. The van der Waals surface area contributed by atoms with Crippen molar-refractivity contribution in [3.05, 3.63) is 29.0 Å². The minimum Gasteiger partial charge on any atom is -0.334 e. The molecule has 1 aliphatic heterocycles. The van der Waals surface area contributed by atoms with Crippen LogP contribution in [0, 0.1) is 5.82 Å². The van der Waals surface area contributed by atoms with Crippen LogP contribution in [0.3, 0.4) is 0 Å². The third-order valence-electron chi connectivity index (χ3n) is 3.39. The molecule has 6 nitrogen and oxygen atoms in total. The number of hydrogen-bond acceptors (Lipinski definition) is 3. The molecule has 122 valence electrons. The Kier molecular flexibility index (Phi) is 5.25. The van der Waals surface area contributed by atoms with Gasteiger partial charge in [-0.2, -0.15) is 0 Å². The summed E-state index contributed by atoms with van der Waals surface area (Å²) < 4.78 is 38.1. The highest BCUT2D eigenvalue weighted by molar-refractivity contribution is 7.88. The zero-order chi connectivity index (χ0) is 16.3. The van der Waals surface area contributed by atoms with E-state index in [0.717, 1.165) is 6.26 Å². The summed E-state index contributed by atoms with van der Waals surface area (Å²) in [4.78, 5) is 11.9. The van der Waals surface area contributed by atoms with Crippen molar-refractivity contribution in [1.82, 2.24) is 9.62 Å². The van der Waals surface area contributed by atoms with Crippen molar-refractivity contribution >= 4 is 33.3 Å². The molecular weight excluding hydrogens is 333 g/mol. The third-order valence-corrected chi connectivity index (χ3v) is 4.95. The van der Waals surface area contributed by atoms with E-state index >= 15 is 0 Å². The van der Waals surface area contributed by atoms with E-state index in [1.165, 1.54) is 22.5 Å². The molecule has 2 N–H and O–H groups in total. The predicted molar refractivity (Wildman–Crippen MR) is 83.0 cm³/mol. The minimum atomic E-state index is -3.28. The van der Waals surface area contributed by atoms with E-state index in [1.54, 1.807) is 0 Å². The first-order valence-electron chi connectivity index (χ1n) is 6.74. The van der Waals surface area contributed by atoms with E-state index in [4.69, 9.17) is 11.6 Å². The Labute approximate surface area is 133 Å². The molecule has 0 aromatic heterocycles. The van der Waals surface area contributed by atoms with Gasteiger partial charge < -0.3 is 10.6 Å². The van der Waals surface area contributed by atoms with Crippen LogP contribution in [0.1, 0.15) is 12.8 Å². The minimum absolute atomic E-state index is 0.0271. The number of hydrogen-bond donors (Lipinski definition) is 2. The predicted octanol–water partition coefficient (Wildman–Crippen LogP) is 2.02. The van der Waals surface area contributed by atoms with Gasteiger partial charge in [0, 0.05) is 19.1 Å². The lowest BCUT2D eigenvalue weighted by Crippen LogP contribution is -2.50. The molecule has 9 heteroatoms. The van der Waals surface area contributed by atoms with E-state index < -0.39 is 21.9 Å². The molecule has 0 saturated carbocycles. The molecule has 0 spiro atoms. The first kappa shape index (κ1) is 17.0. The second-order valence-corrected chi connectivity index (χ2v) is 7.55. The maximum Gasteiger partial charge on any atom is 0.319 e. The van der Waals surface area contributed by atoms with Gasteiger partial charge in [-0.3, -0.25) is 0 Å². The summed E-state index contributed by atoms with van der Waals surface area (Å²) in [7, 11) is -3.28. The number of rotatable bonds is 3. The van der Waals surface area contributed by atoms with Crippen molar-refractivity contribution in [3.8, 4) is 0 Å². The summed E-state index contributed by atoms with van der Waals surface area (Å²) >= 11 is 5.64. The van der Waals surface area contributed by atoms with Crippen LogP contribution in [0.4, 0.5) is 14.9 Å². The molecule has 1 aromatic rings. The van der Waals surface area contributed by atoms with Crippen LogP contribution in [0.25, 0.3) is 0 Å². The van der Waals surface area contributed by atoms with E-state index in [1.807, 2.05) is 0 Å². The average molecular weight is 350 g/mol. The number of nitrogens with zero attached hydrogens (tertiary/aromatic N) is 1. The van der Waals surface area contributed by atoms with Crippen molar-refractivity contribution < 1.29 is 17.6 Å². The lowest BCUT2D eigenvalue weighted by atomic mass is 10.1. The Morgan fingerprint density at radius 3 is 2.86 bits per heavy atom. The number of anilines is 1. The van der Waals surface area contributed by atoms with Crippen molar-refractivity contribution in [1.29, 1.82) is 0 Å². The SMILES string of the molecule is CS(=O)(=O)N1CCC[C@@H](NC(=O)Nc2cccc(Cl)c2F)C1. The normalized spacial score (nSPS) is 19.7. The van der Waals surface area contributed by atoms with Crippen molar-refractivity contribution in [2.75, 3.05) is 24.7 Å². The highest BCUT2D eigenvalue weighted by Gasteiger charge is 2.26. The lowest BCUT2D eigenvalue weighted by molar-refractivity contribution is 0.236. The molecule has 1 saturated heterocycles. The lowest BCUT2D eigenvalue weighted by Gasteiger charge is -2.31. The Bertz CT molecular complexity index is 668. The van der Waals surface area contributed by atoms with Gasteiger partial charge in [-0.15, -0.1) is 0 Å². The van der Waals surface area contributed by atoms with E-state index in [0.29, 0.717) is 19.4 Å². The van der Waals surface area contributed by atoms with Gasteiger partial charge in [0.2, 0.25) is 10.0 Å². The molecule has 1 atom stereocenters. The number of urea groups is 1. The zero-order valence-corrected chi connectivity index (χ0v) is 13.5. The molecule has 2 amide bonds. The molecule has 1 fully saturated rings. The van der Waals surface area contributed by atoms with Gasteiger partial charge in [0.25, 0.3) is 0 Å². The average Bonchev–Trinajstić information content (AvgIpc) is 2.43. The number of halogens is 2. The standard InChI is InChI=1S/C13H17ClFN3O3S/c1-22(20,21)18-7-3-4-9(8-18)16-13(19)17-11-6-2-5-10(14)12(11)15/h2,5-6,9H,3-4,7-8H2,1H3,(H2,16,17,19)/t9-/m1/s1. The van der Waals surface area contributed by atoms with Gasteiger partial charge in [-0.1, -0.05) is 17.7 Å². The van der Waals surface area contributed by atoms with Crippen molar-refractivity contribution in [2.24, 2.45) is 0 Å². The second kappa shape index (κ2) is 6.80. The summed E-state index contributed by atoms with van der Waals surface area (Å²) in [5.74, 6) is -0.708. The summed E-state index contributed by atoms with van der Waals surface area (Å²) in [5.41, 5.74) is -0.0271. The molecule has 0 bridgehead atoms. The maximum atomic E-state index is 13.7. The monoisotopic (exact) mass is 349 g/mol. The Morgan fingerprint density at radius 2 is 2.18 bits per heavy atom. The summed E-state index contributed by atoms with van der Waals surface area (Å²) in [5, 5.41) is 4.94. The number of nitrogens with one attached hydrogen (secondary N) is 2. The van der Waals surface area contributed by atoms with Crippen LogP contribution >= 0.6 is 11.6 Å².